The van der Waals surface area contributed by atoms with Gasteiger partial charge in [-0.05, 0) is 55.2 Å². The van der Waals surface area contributed by atoms with E-state index in [1.165, 1.54) is 24.1 Å². The average molecular weight is 404 g/mol. The molecule has 4 rings (SSSR count). The van der Waals surface area contributed by atoms with Gasteiger partial charge in [-0.1, -0.05) is 12.1 Å². The van der Waals surface area contributed by atoms with E-state index >= 15 is 0 Å². The van der Waals surface area contributed by atoms with Gasteiger partial charge in [-0.2, -0.15) is 0 Å². The number of nitrogens with one attached hydrogen (secondary N) is 2. The summed E-state index contributed by atoms with van der Waals surface area (Å²) in [7, 11) is 1.80. The molecular weight excluding hydrogens is 374 g/mol. The SMILES string of the molecule is CN=C(NCc1ccnc(-n2ccnc2)c1)NC(C)c1cccc(N2CCCC2)c1. The lowest BCUT2D eigenvalue weighted by Gasteiger charge is -2.22. The van der Waals surface area contributed by atoms with Crippen molar-refractivity contribution in [3.05, 3.63) is 72.4 Å². The Balaban J connectivity index is 1.37. The molecule has 2 aromatic heterocycles. The minimum absolute atomic E-state index is 0.151. The Labute approximate surface area is 177 Å². The van der Waals surface area contributed by atoms with Gasteiger partial charge in [-0.25, -0.2) is 9.97 Å². The lowest BCUT2D eigenvalue weighted by molar-refractivity contribution is 0.685. The molecule has 0 saturated carbocycles. The van der Waals surface area contributed by atoms with Crippen LogP contribution in [0, 0.1) is 0 Å². The molecule has 1 saturated heterocycles. The van der Waals surface area contributed by atoms with E-state index in [2.05, 4.69) is 61.7 Å². The summed E-state index contributed by atoms with van der Waals surface area (Å²) in [5.41, 5.74) is 3.69. The minimum Gasteiger partial charge on any atom is -0.372 e. The highest BCUT2D eigenvalue weighted by Gasteiger charge is 2.14. The van der Waals surface area contributed by atoms with Crippen LogP contribution in [0.5, 0.6) is 0 Å². The molecule has 0 bridgehead atoms. The van der Waals surface area contributed by atoms with Crippen molar-refractivity contribution in [3.63, 3.8) is 0 Å². The maximum absolute atomic E-state index is 4.40. The monoisotopic (exact) mass is 403 g/mol. The normalized spacial score (nSPS) is 15.3. The van der Waals surface area contributed by atoms with Crippen LogP contribution in [0.3, 0.4) is 0 Å². The predicted molar refractivity (Wildman–Crippen MR) is 121 cm³/mol. The van der Waals surface area contributed by atoms with Gasteiger partial charge in [0.15, 0.2) is 5.96 Å². The number of aromatic nitrogens is 3. The van der Waals surface area contributed by atoms with Crippen LogP contribution < -0.4 is 15.5 Å². The van der Waals surface area contributed by atoms with Gasteiger partial charge < -0.3 is 15.5 Å². The number of hydrogen-bond acceptors (Lipinski definition) is 4. The Kier molecular flexibility index (Phi) is 6.27. The molecule has 1 aliphatic heterocycles. The highest BCUT2D eigenvalue weighted by Crippen LogP contribution is 2.24. The first-order chi connectivity index (χ1) is 14.7. The van der Waals surface area contributed by atoms with Gasteiger partial charge in [0.05, 0.1) is 6.04 Å². The van der Waals surface area contributed by atoms with Crippen LogP contribution in [-0.2, 0) is 6.54 Å². The summed E-state index contributed by atoms with van der Waals surface area (Å²) in [5, 5.41) is 6.91. The summed E-state index contributed by atoms with van der Waals surface area (Å²) in [6.07, 6.45) is 9.77. The number of pyridine rings is 1. The van der Waals surface area contributed by atoms with E-state index in [-0.39, 0.29) is 6.04 Å². The number of guanidine groups is 1. The van der Waals surface area contributed by atoms with Crippen LogP contribution in [0.1, 0.15) is 36.9 Å². The van der Waals surface area contributed by atoms with Gasteiger partial charge in [-0.15, -0.1) is 0 Å². The van der Waals surface area contributed by atoms with Gasteiger partial charge in [0.1, 0.15) is 12.1 Å². The third kappa shape index (κ3) is 4.79. The zero-order valence-electron chi connectivity index (χ0n) is 17.6. The minimum atomic E-state index is 0.151. The van der Waals surface area contributed by atoms with Gasteiger partial charge >= 0.3 is 0 Å². The second kappa shape index (κ2) is 9.43. The summed E-state index contributed by atoms with van der Waals surface area (Å²) < 4.78 is 1.89. The van der Waals surface area contributed by atoms with E-state index in [0.717, 1.165) is 30.4 Å². The molecular formula is C23H29N7. The first-order valence-electron chi connectivity index (χ1n) is 10.5. The van der Waals surface area contributed by atoms with E-state index in [1.807, 2.05) is 29.1 Å². The summed E-state index contributed by atoms with van der Waals surface area (Å²) in [4.78, 5) is 15.3. The fourth-order valence-electron chi connectivity index (χ4n) is 3.74. The zero-order valence-corrected chi connectivity index (χ0v) is 17.6. The van der Waals surface area contributed by atoms with E-state index in [1.54, 1.807) is 19.6 Å². The number of aliphatic imine (C=N–C) groups is 1. The Hall–Kier alpha value is -3.35. The standard InChI is InChI=1S/C23H29N7/c1-18(20-6-5-7-21(15-20)29-11-3-4-12-29)28-23(24-2)27-16-19-8-9-26-22(14-19)30-13-10-25-17-30/h5-10,13-15,17-18H,3-4,11-12,16H2,1-2H3,(H2,24,27,28). The molecule has 0 radical (unpaired) electrons. The number of nitrogens with zero attached hydrogens (tertiary/aromatic N) is 5. The maximum atomic E-state index is 4.40. The molecule has 0 spiro atoms. The van der Waals surface area contributed by atoms with E-state index < -0.39 is 0 Å². The van der Waals surface area contributed by atoms with Gasteiger partial charge in [0, 0.05) is 51.0 Å². The fourth-order valence-corrected chi connectivity index (χ4v) is 3.74. The molecule has 1 fully saturated rings. The van der Waals surface area contributed by atoms with Crippen molar-refractivity contribution in [2.45, 2.75) is 32.4 Å². The van der Waals surface area contributed by atoms with Crippen molar-refractivity contribution < 1.29 is 0 Å². The first-order valence-corrected chi connectivity index (χ1v) is 10.5. The smallest absolute Gasteiger partial charge is 0.191 e. The third-order valence-electron chi connectivity index (χ3n) is 5.46. The Bertz CT molecular complexity index is 975. The number of benzene rings is 1. The molecule has 0 aliphatic carbocycles. The number of hydrogen-bond donors (Lipinski definition) is 2. The largest absolute Gasteiger partial charge is 0.372 e. The molecule has 1 atom stereocenters. The molecule has 7 heteroatoms. The third-order valence-corrected chi connectivity index (χ3v) is 5.46. The fraction of sp³-hybridized carbons (Fsp3) is 0.348. The molecule has 30 heavy (non-hydrogen) atoms. The summed E-state index contributed by atoms with van der Waals surface area (Å²) in [6, 6.07) is 13.0. The van der Waals surface area contributed by atoms with Crippen LogP contribution in [0.4, 0.5) is 5.69 Å². The average Bonchev–Trinajstić information content (AvgIpc) is 3.51. The summed E-state index contributed by atoms with van der Waals surface area (Å²) in [5.74, 6) is 1.62. The molecule has 3 aromatic rings. The van der Waals surface area contributed by atoms with Crippen molar-refractivity contribution in [1.82, 2.24) is 25.2 Å². The highest BCUT2D eigenvalue weighted by molar-refractivity contribution is 5.80. The number of imidazole rings is 1. The molecule has 1 unspecified atom stereocenters. The van der Waals surface area contributed by atoms with Gasteiger partial charge in [0.25, 0.3) is 0 Å². The molecule has 1 aliphatic rings. The summed E-state index contributed by atoms with van der Waals surface area (Å²) >= 11 is 0. The predicted octanol–water partition coefficient (Wildman–Crippen LogP) is 3.29. The molecule has 7 nitrogen and oxygen atoms in total. The van der Waals surface area contributed by atoms with Crippen molar-refractivity contribution in [2.75, 3.05) is 25.0 Å². The van der Waals surface area contributed by atoms with Crippen LogP contribution in [-0.4, -0.2) is 40.6 Å². The van der Waals surface area contributed by atoms with E-state index in [4.69, 9.17) is 0 Å². The molecule has 0 amide bonds. The van der Waals surface area contributed by atoms with Gasteiger partial charge in [-0.3, -0.25) is 9.56 Å². The molecule has 156 valence electrons. The van der Waals surface area contributed by atoms with Crippen molar-refractivity contribution >= 4 is 11.6 Å². The van der Waals surface area contributed by atoms with Crippen molar-refractivity contribution in [3.8, 4) is 5.82 Å². The quantitative estimate of drug-likeness (QED) is 0.488. The first kappa shape index (κ1) is 19.9. The molecule has 3 heterocycles. The van der Waals surface area contributed by atoms with Crippen LogP contribution in [0.15, 0.2) is 66.3 Å². The van der Waals surface area contributed by atoms with E-state index in [9.17, 15) is 0 Å². The lowest BCUT2D eigenvalue weighted by Crippen LogP contribution is -2.38. The van der Waals surface area contributed by atoms with Crippen molar-refractivity contribution in [1.29, 1.82) is 0 Å². The van der Waals surface area contributed by atoms with Crippen LogP contribution in [0.2, 0.25) is 0 Å². The Morgan fingerprint density at radius 1 is 1.17 bits per heavy atom. The Morgan fingerprint density at radius 3 is 2.80 bits per heavy atom. The number of anilines is 1. The Morgan fingerprint density at radius 2 is 2.03 bits per heavy atom. The lowest BCUT2D eigenvalue weighted by atomic mass is 10.1. The highest BCUT2D eigenvalue weighted by atomic mass is 15.2. The van der Waals surface area contributed by atoms with Gasteiger partial charge in [0.2, 0.25) is 0 Å². The molecule has 1 aromatic carbocycles. The van der Waals surface area contributed by atoms with E-state index in [0.29, 0.717) is 6.54 Å². The topological polar surface area (TPSA) is 70.4 Å². The maximum Gasteiger partial charge on any atom is 0.191 e. The van der Waals surface area contributed by atoms with Crippen LogP contribution in [0.25, 0.3) is 5.82 Å². The summed E-state index contributed by atoms with van der Waals surface area (Å²) in [6.45, 7) is 5.13. The van der Waals surface area contributed by atoms with Crippen LogP contribution >= 0.6 is 0 Å². The zero-order chi connectivity index (χ0) is 20.8. The molecule has 2 N–H and O–H groups in total. The number of rotatable bonds is 6. The second-order valence-corrected chi connectivity index (χ2v) is 7.57. The second-order valence-electron chi connectivity index (χ2n) is 7.57. The van der Waals surface area contributed by atoms with Crippen molar-refractivity contribution in [2.24, 2.45) is 4.99 Å².